The lowest BCUT2D eigenvalue weighted by Gasteiger charge is -2.21. The molecule has 15 heavy (non-hydrogen) atoms. The number of rotatable bonds is 2. The molecule has 0 aromatic carbocycles. The maximum atomic E-state index is 10.3. The van der Waals surface area contributed by atoms with E-state index in [1.165, 1.54) is 14.0 Å². The second-order valence-electron chi connectivity index (χ2n) is 4.51. The topological polar surface area (TPSA) is 44.8 Å². The maximum Gasteiger partial charge on any atom is 0.305 e. The molecule has 0 radical (unpaired) electrons. The molecule has 0 saturated heterocycles. The number of hydrogen-bond acceptors (Lipinski definition) is 4. The molecule has 0 aliphatic rings. The van der Waals surface area contributed by atoms with Gasteiger partial charge in [-0.05, 0) is 20.8 Å². The van der Waals surface area contributed by atoms with Crippen LogP contribution in [0.2, 0.25) is 0 Å². The van der Waals surface area contributed by atoms with Gasteiger partial charge in [0.2, 0.25) is 5.79 Å². The summed E-state index contributed by atoms with van der Waals surface area (Å²) in [6.45, 7) is 10.8. The zero-order chi connectivity index (χ0) is 12.7. The van der Waals surface area contributed by atoms with Gasteiger partial charge >= 0.3 is 5.97 Å². The number of esters is 1. The van der Waals surface area contributed by atoms with Crippen molar-refractivity contribution in [3.63, 3.8) is 0 Å². The first-order valence-electron chi connectivity index (χ1n) is 4.84. The SMILES string of the molecule is COC(C)(C)C.COC(C)(C)OC(C)=O. The zero-order valence-corrected chi connectivity index (χ0v) is 11.1. The lowest BCUT2D eigenvalue weighted by molar-refractivity contribution is -0.203. The van der Waals surface area contributed by atoms with E-state index in [1.54, 1.807) is 21.0 Å². The number of carbonyl (C=O) groups excluding carboxylic acids is 1. The van der Waals surface area contributed by atoms with Crippen molar-refractivity contribution >= 4 is 5.97 Å². The third-order valence-electron chi connectivity index (χ3n) is 1.49. The lowest BCUT2D eigenvalue weighted by atomic mass is 10.2. The Bertz CT molecular complexity index is 180. The molecule has 0 N–H and O–H groups in total. The monoisotopic (exact) mass is 220 g/mol. The second-order valence-corrected chi connectivity index (χ2v) is 4.51. The molecule has 0 amide bonds. The Morgan fingerprint density at radius 2 is 1.27 bits per heavy atom. The van der Waals surface area contributed by atoms with Crippen molar-refractivity contribution in [3.05, 3.63) is 0 Å². The minimum Gasteiger partial charge on any atom is -0.434 e. The van der Waals surface area contributed by atoms with E-state index < -0.39 is 5.79 Å². The smallest absolute Gasteiger partial charge is 0.305 e. The van der Waals surface area contributed by atoms with E-state index in [9.17, 15) is 4.79 Å². The fourth-order valence-corrected chi connectivity index (χ4v) is 0.388. The number of ether oxygens (including phenoxy) is 3. The summed E-state index contributed by atoms with van der Waals surface area (Å²) in [4.78, 5) is 10.3. The summed E-state index contributed by atoms with van der Waals surface area (Å²) in [7, 11) is 3.20. The molecule has 92 valence electrons. The second kappa shape index (κ2) is 6.80. The number of hydrogen-bond donors (Lipinski definition) is 0. The highest BCUT2D eigenvalue weighted by Crippen LogP contribution is 2.08. The molecule has 0 saturated carbocycles. The predicted molar refractivity (Wildman–Crippen MR) is 59.6 cm³/mol. The van der Waals surface area contributed by atoms with Crippen LogP contribution in [-0.2, 0) is 19.0 Å². The summed E-state index contributed by atoms with van der Waals surface area (Å²) in [5, 5.41) is 0. The van der Waals surface area contributed by atoms with Crippen molar-refractivity contribution in [3.8, 4) is 0 Å². The number of methoxy groups -OCH3 is 2. The molecule has 0 fully saturated rings. The summed E-state index contributed by atoms with van der Waals surface area (Å²) in [5.41, 5.74) is 0.0417. The Morgan fingerprint density at radius 3 is 1.33 bits per heavy atom. The van der Waals surface area contributed by atoms with E-state index in [1.807, 2.05) is 20.8 Å². The van der Waals surface area contributed by atoms with Gasteiger partial charge in [-0.1, -0.05) is 0 Å². The minimum atomic E-state index is -0.786. The molecule has 0 heterocycles. The van der Waals surface area contributed by atoms with Gasteiger partial charge < -0.3 is 14.2 Å². The third kappa shape index (κ3) is 16.1. The van der Waals surface area contributed by atoms with E-state index in [0.29, 0.717) is 0 Å². The molecule has 0 rings (SSSR count). The average Bonchev–Trinajstić information content (AvgIpc) is 2.02. The first kappa shape index (κ1) is 16.8. The molecule has 0 aliphatic heterocycles. The van der Waals surface area contributed by atoms with Crippen molar-refractivity contribution in [1.29, 1.82) is 0 Å². The van der Waals surface area contributed by atoms with Crippen LogP contribution in [0.15, 0.2) is 0 Å². The van der Waals surface area contributed by atoms with E-state index in [2.05, 4.69) is 0 Å². The number of carbonyl (C=O) groups is 1. The quantitative estimate of drug-likeness (QED) is 0.529. The van der Waals surface area contributed by atoms with E-state index in [4.69, 9.17) is 14.2 Å². The van der Waals surface area contributed by atoms with Crippen LogP contribution in [0.1, 0.15) is 41.5 Å². The largest absolute Gasteiger partial charge is 0.434 e. The first-order chi connectivity index (χ1) is 6.54. The molecule has 0 unspecified atom stereocenters. The van der Waals surface area contributed by atoms with E-state index in [-0.39, 0.29) is 11.6 Å². The summed E-state index contributed by atoms with van der Waals surface area (Å²) in [6.07, 6.45) is 0. The van der Waals surface area contributed by atoms with Crippen LogP contribution in [-0.4, -0.2) is 31.6 Å². The zero-order valence-electron chi connectivity index (χ0n) is 11.1. The summed E-state index contributed by atoms with van der Waals surface area (Å²) >= 11 is 0. The molecule has 0 aromatic rings. The van der Waals surface area contributed by atoms with Gasteiger partial charge in [0.1, 0.15) is 0 Å². The maximum absolute atomic E-state index is 10.3. The van der Waals surface area contributed by atoms with Crippen LogP contribution in [0.5, 0.6) is 0 Å². The molecule has 4 heteroatoms. The Balaban J connectivity index is 0. The van der Waals surface area contributed by atoms with E-state index >= 15 is 0 Å². The minimum absolute atomic E-state index is 0.0417. The fraction of sp³-hybridized carbons (Fsp3) is 0.909. The molecule has 0 bridgehead atoms. The van der Waals surface area contributed by atoms with Crippen LogP contribution < -0.4 is 0 Å². The van der Waals surface area contributed by atoms with Gasteiger partial charge in [-0.15, -0.1) is 0 Å². The molecule has 0 aliphatic carbocycles. The Hall–Kier alpha value is -0.610. The summed E-state index contributed by atoms with van der Waals surface area (Å²) in [5.74, 6) is -1.12. The van der Waals surface area contributed by atoms with Crippen molar-refractivity contribution in [2.75, 3.05) is 14.2 Å². The summed E-state index contributed by atoms with van der Waals surface area (Å²) < 4.78 is 14.5. The molecule has 0 spiro atoms. The fourth-order valence-electron chi connectivity index (χ4n) is 0.388. The Kier molecular flexibility index (Phi) is 7.62. The summed E-state index contributed by atoms with van der Waals surface area (Å²) in [6, 6.07) is 0. The van der Waals surface area contributed by atoms with Gasteiger partial charge in [0, 0.05) is 35.0 Å². The molecule has 0 aromatic heterocycles. The predicted octanol–water partition coefficient (Wildman–Crippen LogP) is 2.36. The van der Waals surface area contributed by atoms with Crippen molar-refractivity contribution in [1.82, 2.24) is 0 Å². The van der Waals surface area contributed by atoms with Crippen molar-refractivity contribution in [2.24, 2.45) is 0 Å². The van der Waals surface area contributed by atoms with Crippen LogP contribution in [0, 0.1) is 0 Å². The highest BCUT2D eigenvalue weighted by Gasteiger charge is 2.18. The van der Waals surface area contributed by atoms with Gasteiger partial charge in [0.15, 0.2) is 0 Å². The molecule has 0 atom stereocenters. The standard InChI is InChI=1S/C6H12O3.C5H12O/c1-5(7)9-6(2,3)8-4;1-5(2,3)6-4/h1-4H3;1-4H3. The van der Waals surface area contributed by atoms with Crippen molar-refractivity contribution < 1.29 is 19.0 Å². The van der Waals surface area contributed by atoms with Crippen LogP contribution in [0.25, 0.3) is 0 Å². The third-order valence-corrected chi connectivity index (χ3v) is 1.49. The first-order valence-corrected chi connectivity index (χ1v) is 4.84. The van der Waals surface area contributed by atoms with Gasteiger partial charge in [-0.2, -0.15) is 0 Å². The normalized spacial score (nSPS) is 11.5. The molecule has 4 nitrogen and oxygen atoms in total. The lowest BCUT2D eigenvalue weighted by Crippen LogP contribution is -2.28. The Morgan fingerprint density at radius 1 is 0.933 bits per heavy atom. The van der Waals surface area contributed by atoms with Gasteiger partial charge in [0.25, 0.3) is 0 Å². The van der Waals surface area contributed by atoms with Crippen molar-refractivity contribution in [2.45, 2.75) is 52.9 Å². The van der Waals surface area contributed by atoms with Gasteiger partial charge in [-0.3, -0.25) is 4.79 Å². The van der Waals surface area contributed by atoms with Gasteiger partial charge in [0.05, 0.1) is 5.60 Å². The highest BCUT2D eigenvalue weighted by molar-refractivity contribution is 5.66. The molecular formula is C11H24O4. The van der Waals surface area contributed by atoms with E-state index in [0.717, 1.165) is 0 Å². The van der Waals surface area contributed by atoms with Crippen LogP contribution in [0.3, 0.4) is 0 Å². The molecular weight excluding hydrogens is 196 g/mol. The highest BCUT2D eigenvalue weighted by atomic mass is 16.7. The Labute approximate surface area is 92.9 Å². The van der Waals surface area contributed by atoms with Crippen LogP contribution in [0.4, 0.5) is 0 Å². The van der Waals surface area contributed by atoms with Crippen LogP contribution >= 0.6 is 0 Å². The van der Waals surface area contributed by atoms with Gasteiger partial charge in [-0.25, -0.2) is 0 Å². The average molecular weight is 220 g/mol.